The van der Waals surface area contributed by atoms with Gasteiger partial charge < -0.3 is 15.0 Å². The summed E-state index contributed by atoms with van der Waals surface area (Å²) in [6.45, 7) is 7.41. The summed E-state index contributed by atoms with van der Waals surface area (Å²) in [6.07, 6.45) is 0. The van der Waals surface area contributed by atoms with Crippen LogP contribution in [0.15, 0.2) is 11.0 Å². The maximum atomic E-state index is 12.8. The first-order valence-electron chi connectivity index (χ1n) is 7.87. The second-order valence-corrected chi connectivity index (χ2v) is 9.34. The van der Waals surface area contributed by atoms with Gasteiger partial charge in [0.05, 0.1) is 17.5 Å². The highest BCUT2D eigenvalue weighted by Gasteiger charge is 2.32. The van der Waals surface area contributed by atoms with Crippen molar-refractivity contribution < 1.29 is 17.9 Å². The molecule has 1 aromatic heterocycles. The minimum absolute atomic E-state index is 0.0827. The van der Waals surface area contributed by atoms with Crippen molar-refractivity contribution in [2.75, 3.05) is 39.9 Å². The number of methoxy groups -OCH3 is 1. The van der Waals surface area contributed by atoms with E-state index in [9.17, 15) is 13.2 Å². The zero-order valence-corrected chi connectivity index (χ0v) is 16.2. The molecule has 1 saturated heterocycles. The molecule has 136 valence electrons. The number of sulfonamides is 1. The van der Waals surface area contributed by atoms with Crippen molar-refractivity contribution >= 4 is 27.4 Å². The Morgan fingerprint density at radius 3 is 2.46 bits per heavy atom. The highest BCUT2D eigenvalue weighted by Crippen LogP contribution is 2.28. The first kappa shape index (κ1) is 19.2. The fourth-order valence-corrected chi connectivity index (χ4v) is 5.67. The Kier molecular flexibility index (Phi) is 6.24. The van der Waals surface area contributed by atoms with Crippen molar-refractivity contribution in [2.24, 2.45) is 0 Å². The van der Waals surface area contributed by atoms with Gasteiger partial charge in [0.25, 0.3) is 0 Å². The number of thiophene rings is 1. The number of hydrogen-bond donors (Lipinski definition) is 1. The largest absolute Gasteiger partial charge is 0.383 e. The van der Waals surface area contributed by atoms with Crippen molar-refractivity contribution in [3.05, 3.63) is 15.8 Å². The zero-order valence-electron chi connectivity index (χ0n) is 14.5. The topological polar surface area (TPSA) is 79.0 Å². The van der Waals surface area contributed by atoms with Gasteiger partial charge in [-0.3, -0.25) is 0 Å². The van der Waals surface area contributed by atoms with Gasteiger partial charge in [-0.15, -0.1) is 11.3 Å². The molecule has 2 amide bonds. The number of rotatable bonds is 5. The second-order valence-electron chi connectivity index (χ2n) is 5.97. The number of carbonyl (C=O) groups is 1. The normalized spacial score (nSPS) is 17.8. The maximum absolute atomic E-state index is 12.8. The summed E-state index contributed by atoms with van der Waals surface area (Å²) in [5, 5.41) is 2.84. The maximum Gasteiger partial charge on any atom is 0.317 e. The fourth-order valence-electron chi connectivity index (χ4n) is 2.73. The molecular weight excluding hydrogens is 350 g/mol. The Morgan fingerprint density at radius 2 is 1.96 bits per heavy atom. The van der Waals surface area contributed by atoms with Crippen LogP contribution in [0.3, 0.4) is 0 Å². The third kappa shape index (κ3) is 4.27. The van der Waals surface area contributed by atoms with E-state index in [1.54, 1.807) is 18.1 Å². The molecule has 1 aliphatic heterocycles. The summed E-state index contributed by atoms with van der Waals surface area (Å²) >= 11 is 1.48. The second kappa shape index (κ2) is 7.81. The van der Waals surface area contributed by atoms with Gasteiger partial charge in [0, 0.05) is 43.0 Å². The molecular formula is C15H25N3O4S2. The number of nitrogens with zero attached hydrogens (tertiary/aromatic N) is 2. The van der Waals surface area contributed by atoms with E-state index in [-0.39, 0.29) is 12.1 Å². The number of aryl methyl sites for hydroxylation is 2. The van der Waals surface area contributed by atoms with Crippen LogP contribution in [0.5, 0.6) is 0 Å². The molecule has 9 heteroatoms. The molecule has 7 nitrogen and oxygen atoms in total. The monoisotopic (exact) mass is 375 g/mol. The first-order valence-corrected chi connectivity index (χ1v) is 10.1. The summed E-state index contributed by atoms with van der Waals surface area (Å²) in [4.78, 5) is 16.0. The van der Waals surface area contributed by atoms with Crippen LogP contribution in [0.2, 0.25) is 0 Å². The van der Waals surface area contributed by atoms with Crippen LogP contribution in [-0.2, 0) is 14.8 Å². The van der Waals surface area contributed by atoms with Crippen LogP contribution < -0.4 is 5.32 Å². The van der Waals surface area contributed by atoms with Crippen LogP contribution in [0.25, 0.3) is 0 Å². The lowest BCUT2D eigenvalue weighted by molar-refractivity contribution is 0.149. The standard InChI is InChI=1S/C15H25N3O4S2/c1-11(10-22-4)16-15(19)17-5-7-18(8-6-17)24(20,21)14-9-12(2)23-13(14)3/h9,11H,5-8,10H2,1-4H3,(H,16,19). The third-order valence-corrected chi connectivity index (χ3v) is 7.05. The molecule has 0 radical (unpaired) electrons. The van der Waals surface area contributed by atoms with E-state index < -0.39 is 10.0 Å². The van der Waals surface area contributed by atoms with Gasteiger partial charge in [0.2, 0.25) is 10.0 Å². The van der Waals surface area contributed by atoms with E-state index in [1.165, 1.54) is 15.6 Å². The number of ether oxygens (including phenoxy) is 1. The number of nitrogens with one attached hydrogen (secondary N) is 1. The highest BCUT2D eigenvalue weighted by molar-refractivity contribution is 7.89. The highest BCUT2D eigenvalue weighted by atomic mass is 32.2. The predicted octanol–water partition coefficient (Wildman–Crippen LogP) is 1.42. The Balaban J connectivity index is 1.97. The summed E-state index contributed by atoms with van der Waals surface area (Å²) in [7, 11) is -1.90. The van der Waals surface area contributed by atoms with Crippen molar-refractivity contribution in [2.45, 2.75) is 31.7 Å². The van der Waals surface area contributed by atoms with Crippen LogP contribution in [-0.4, -0.2) is 69.6 Å². The van der Waals surface area contributed by atoms with Gasteiger partial charge in [-0.25, -0.2) is 13.2 Å². The Bertz CT molecular complexity index is 679. The summed E-state index contributed by atoms with van der Waals surface area (Å²) in [6, 6.07) is 1.46. The first-order chi connectivity index (χ1) is 11.3. The quantitative estimate of drug-likeness (QED) is 0.844. The molecule has 1 atom stereocenters. The average Bonchev–Trinajstić information content (AvgIpc) is 2.87. The lowest BCUT2D eigenvalue weighted by atomic mass is 10.3. The smallest absolute Gasteiger partial charge is 0.317 e. The Morgan fingerprint density at radius 1 is 1.33 bits per heavy atom. The molecule has 1 N–H and O–H groups in total. The van der Waals surface area contributed by atoms with Crippen molar-refractivity contribution in [3.63, 3.8) is 0 Å². The van der Waals surface area contributed by atoms with Gasteiger partial charge in [0.15, 0.2) is 0 Å². The molecule has 1 aliphatic rings. The summed E-state index contributed by atoms with van der Waals surface area (Å²) in [5.41, 5.74) is 0. The van der Waals surface area contributed by atoms with Gasteiger partial charge in [-0.1, -0.05) is 0 Å². The van der Waals surface area contributed by atoms with Crippen molar-refractivity contribution in [1.29, 1.82) is 0 Å². The molecule has 1 aromatic rings. The molecule has 0 saturated carbocycles. The summed E-state index contributed by atoms with van der Waals surface area (Å²) < 4.78 is 32.0. The number of urea groups is 1. The van der Waals surface area contributed by atoms with Crippen LogP contribution >= 0.6 is 11.3 Å². The van der Waals surface area contributed by atoms with E-state index in [4.69, 9.17) is 4.74 Å². The average molecular weight is 376 g/mol. The lowest BCUT2D eigenvalue weighted by Crippen LogP contribution is -2.54. The zero-order chi connectivity index (χ0) is 17.9. The van der Waals surface area contributed by atoms with Gasteiger partial charge in [-0.05, 0) is 26.8 Å². The summed E-state index contributed by atoms with van der Waals surface area (Å²) in [5.74, 6) is 0. The number of piperazine rings is 1. The molecule has 0 aromatic carbocycles. The molecule has 0 bridgehead atoms. The predicted molar refractivity (Wildman–Crippen MR) is 94.0 cm³/mol. The van der Waals surface area contributed by atoms with Crippen molar-refractivity contribution in [3.8, 4) is 0 Å². The molecule has 2 rings (SSSR count). The number of hydrogen-bond acceptors (Lipinski definition) is 5. The van der Waals surface area contributed by atoms with E-state index in [0.29, 0.717) is 37.7 Å². The van der Waals surface area contributed by atoms with E-state index >= 15 is 0 Å². The molecule has 0 spiro atoms. The van der Waals surface area contributed by atoms with Crippen LogP contribution in [0.1, 0.15) is 16.7 Å². The fraction of sp³-hybridized carbons (Fsp3) is 0.667. The van der Waals surface area contributed by atoms with Gasteiger partial charge >= 0.3 is 6.03 Å². The number of amides is 2. The molecule has 24 heavy (non-hydrogen) atoms. The van der Waals surface area contributed by atoms with Crippen LogP contribution in [0.4, 0.5) is 4.79 Å². The van der Waals surface area contributed by atoms with E-state index in [1.807, 2.05) is 20.8 Å². The molecule has 2 heterocycles. The SMILES string of the molecule is COCC(C)NC(=O)N1CCN(S(=O)(=O)c2cc(C)sc2C)CC1. The van der Waals surface area contributed by atoms with Crippen molar-refractivity contribution in [1.82, 2.24) is 14.5 Å². The minimum atomic E-state index is -3.49. The van der Waals surface area contributed by atoms with Gasteiger partial charge in [-0.2, -0.15) is 4.31 Å². The van der Waals surface area contributed by atoms with Gasteiger partial charge in [0.1, 0.15) is 0 Å². The Hall–Kier alpha value is -1.16. The van der Waals surface area contributed by atoms with E-state index in [0.717, 1.165) is 9.75 Å². The number of carbonyl (C=O) groups excluding carboxylic acids is 1. The molecule has 0 aliphatic carbocycles. The van der Waals surface area contributed by atoms with Crippen LogP contribution in [0, 0.1) is 13.8 Å². The minimum Gasteiger partial charge on any atom is -0.383 e. The lowest BCUT2D eigenvalue weighted by Gasteiger charge is -2.34. The third-order valence-electron chi connectivity index (χ3n) is 3.93. The van der Waals surface area contributed by atoms with E-state index in [2.05, 4.69) is 5.32 Å². The Labute approximate surface area is 147 Å². The molecule has 1 unspecified atom stereocenters. The molecule has 1 fully saturated rings.